The van der Waals surface area contributed by atoms with Gasteiger partial charge in [-0.1, -0.05) is 63.1 Å². The quantitative estimate of drug-likeness (QED) is 0.161. The van der Waals surface area contributed by atoms with E-state index in [0.717, 1.165) is 0 Å². The van der Waals surface area contributed by atoms with Crippen LogP contribution in [0.5, 0.6) is 0 Å². The van der Waals surface area contributed by atoms with E-state index in [4.69, 9.17) is 38.6 Å². The van der Waals surface area contributed by atoms with E-state index in [1.54, 1.807) is 64.3 Å². The largest absolute Gasteiger partial charge is 0.478 e. The Kier molecular flexibility index (Phi) is 27.4. The molecule has 2 N–H and O–H groups in total. The molecule has 0 unspecified atom stereocenters. The van der Waals surface area contributed by atoms with Crippen molar-refractivity contribution in [2.24, 2.45) is 0 Å². The van der Waals surface area contributed by atoms with Crippen LogP contribution in [0.25, 0.3) is 6.08 Å². The first kappa shape index (κ1) is 45.7. The molecule has 0 aliphatic carbocycles. The Morgan fingerprint density at radius 1 is 0.667 bits per heavy atom. The zero-order valence-electron chi connectivity index (χ0n) is 29.4. The van der Waals surface area contributed by atoms with Crippen molar-refractivity contribution in [3.8, 4) is 0 Å². The van der Waals surface area contributed by atoms with Crippen molar-refractivity contribution in [1.82, 2.24) is 15.0 Å². The van der Waals surface area contributed by atoms with Gasteiger partial charge in [-0.25, -0.2) is 9.59 Å². The van der Waals surface area contributed by atoms with E-state index in [0.29, 0.717) is 24.3 Å². The van der Waals surface area contributed by atoms with E-state index >= 15 is 0 Å². The van der Waals surface area contributed by atoms with Crippen LogP contribution in [0, 0.1) is 0 Å². The van der Waals surface area contributed by atoms with Crippen LogP contribution in [-0.4, -0.2) is 120 Å². The van der Waals surface area contributed by atoms with E-state index in [-0.39, 0.29) is 51.5 Å². The van der Waals surface area contributed by atoms with E-state index in [1.807, 2.05) is 36.4 Å². The molecule has 1 heterocycles. The van der Waals surface area contributed by atoms with Gasteiger partial charge in [0.2, 0.25) is 17.8 Å². The maximum absolute atomic E-state index is 9.83. The summed E-state index contributed by atoms with van der Waals surface area (Å²) in [5.74, 6) is -0.730. The molecule has 0 radical (unpaired) electrons. The minimum atomic E-state index is -0.935. The summed E-state index contributed by atoms with van der Waals surface area (Å²) in [5.41, 5.74) is 1.61. The summed E-state index contributed by atoms with van der Waals surface area (Å²) in [6, 6.07) is 10.0. The lowest BCUT2D eigenvalue weighted by molar-refractivity contribution is -0.133. The number of benzene rings is 1. The number of nitrogens with zero attached hydrogens (tertiary/aromatic N) is 6. The number of carboxylic acid groups (broad SMARTS) is 2. The topological polar surface area (TPSA) is 178 Å². The Morgan fingerprint density at radius 3 is 1.10 bits per heavy atom. The van der Waals surface area contributed by atoms with Gasteiger partial charge in [0.15, 0.2) is 0 Å². The molecule has 0 bridgehead atoms. The molecule has 0 spiro atoms. The summed E-state index contributed by atoms with van der Waals surface area (Å²) in [5, 5.41) is 16.0. The number of anilines is 3. The summed E-state index contributed by atoms with van der Waals surface area (Å²) in [6.07, 6.45) is 2.36. The molecule has 16 nitrogen and oxygen atoms in total. The van der Waals surface area contributed by atoms with Gasteiger partial charge in [-0.15, -0.1) is 0 Å². The van der Waals surface area contributed by atoms with Crippen LogP contribution in [-0.2, 0) is 38.0 Å². The molecule has 270 valence electrons. The molecule has 0 fully saturated rings. The molecule has 0 aliphatic rings. The highest BCUT2D eigenvalue weighted by Crippen LogP contribution is 2.19. The van der Waals surface area contributed by atoms with Gasteiger partial charge in [-0.2, -0.15) is 15.0 Å². The van der Waals surface area contributed by atoms with Crippen molar-refractivity contribution in [3.05, 3.63) is 66.8 Å². The van der Waals surface area contributed by atoms with Gasteiger partial charge < -0.3 is 38.6 Å². The van der Waals surface area contributed by atoms with Crippen molar-refractivity contribution in [2.75, 3.05) is 97.7 Å². The van der Waals surface area contributed by atoms with Gasteiger partial charge in [-0.3, -0.25) is 14.7 Å². The van der Waals surface area contributed by atoms with E-state index in [2.05, 4.69) is 34.7 Å². The Labute approximate surface area is 283 Å². The van der Waals surface area contributed by atoms with E-state index in [9.17, 15) is 9.59 Å². The summed E-state index contributed by atoms with van der Waals surface area (Å²) in [4.78, 5) is 38.1. The highest BCUT2D eigenvalue weighted by atomic mass is 16.5. The first-order valence-corrected chi connectivity index (χ1v) is 14.3. The van der Waals surface area contributed by atoms with Crippen LogP contribution in [0.3, 0.4) is 0 Å². The van der Waals surface area contributed by atoms with Crippen LogP contribution in [0.2, 0.25) is 0 Å². The fourth-order valence-corrected chi connectivity index (χ4v) is 2.90. The molecule has 0 saturated carbocycles. The number of ether oxygens (including phenoxy) is 6. The predicted molar refractivity (Wildman–Crippen MR) is 185 cm³/mol. The third-order valence-corrected chi connectivity index (χ3v) is 5.29. The third kappa shape index (κ3) is 20.6. The first-order chi connectivity index (χ1) is 22.9. The molecule has 16 heteroatoms. The lowest BCUT2D eigenvalue weighted by Gasteiger charge is -2.27. The van der Waals surface area contributed by atoms with Crippen molar-refractivity contribution < 1.29 is 48.2 Å². The van der Waals surface area contributed by atoms with Gasteiger partial charge in [0.05, 0.1) is 0 Å². The normalized spacial score (nSPS) is 9.67. The van der Waals surface area contributed by atoms with Gasteiger partial charge in [0, 0.05) is 53.8 Å². The average molecular weight is 681 g/mol. The van der Waals surface area contributed by atoms with Crippen molar-refractivity contribution in [3.63, 3.8) is 0 Å². The molecule has 0 saturated heterocycles. The summed E-state index contributed by atoms with van der Waals surface area (Å²) < 4.78 is 31.3. The number of aromatic nitrogens is 3. The highest BCUT2D eigenvalue weighted by molar-refractivity contribution is 5.85. The highest BCUT2D eigenvalue weighted by Gasteiger charge is 2.20. The second-order valence-electron chi connectivity index (χ2n) is 9.32. The van der Waals surface area contributed by atoms with Crippen molar-refractivity contribution >= 4 is 35.9 Å². The minimum Gasteiger partial charge on any atom is -0.478 e. The van der Waals surface area contributed by atoms with Crippen LogP contribution < -0.4 is 14.7 Å². The second-order valence-corrected chi connectivity index (χ2v) is 9.32. The predicted octanol–water partition coefficient (Wildman–Crippen LogP) is 3.93. The maximum Gasteiger partial charge on any atom is 0.330 e. The second kappa shape index (κ2) is 28.7. The molecule has 48 heavy (non-hydrogen) atoms. The lowest BCUT2D eigenvalue weighted by atomic mass is 10.2. The minimum absolute atomic E-state index is 0.176. The monoisotopic (exact) mass is 680 g/mol. The Morgan fingerprint density at radius 2 is 0.958 bits per heavy atom. The zero-order valence-corrected chi connectivity index (χ0v) is 29.4. The molecule has 1 aromatic heterocycles. The third-order valence-electron chi connectivity index (χ3n) is 5.29. The standard InChI is InChI=1S/C15H30N6O6.C8H8.C5H8O2.C4H6O2/c1-22-7-19(8-23-2)13-16-14(20(9-24-3)10-25-4)18-15(17-13)21(11-26-5)12-27-6;1-2-8-6-4-3-5-7-8;1-3-4(2)5(6)7;1-3(2)4(5)6/h7-12H2,1-6H3;2-7H,1H2;2-3H2,1H3,(H,6,7);1H2,2H3,(H,5,6). The Bertz CT molecular complexity index is 1090. The Balaban J connectivity index is 0. The number of hydrogen-bond donors (Lipinski definition) is 2. The lowest BCUT2D eigenvalue weighted by Crippen LogP contribution is -2.36. The summed E-state index contributed by atoms with van der Waals surface area (Å²) in [6.45, 7) is 14.7. The van der Waals surface area contributed by atoms with Crippen molar-refractivity contribution in [1.29, 1.82) is 0 Å². The SMILES string of the molecule is C=C(C)C(=O)O.C=C(CC)C(=O)O.C=Cc1ccccc1.COCN(COC)c1nc(N(COC)COC)nc(N(COC)COC)n1. The van der Waals surface area contributed by atoms with Crippen LogP contribution in [0.4, 0.5) is 17.8 Å². The number of aliphatic carboxylic acids is 2. The number of carboxylic acids is 2. The molecular formula is C32H52N6O10. The summed E-state index contributed by atoms with van der Waals surface area (Å²) >= 11 is 0. The van der Waals surface area contributed by atoms with Crippen LogP contribution in [0.1, 0.15) is 25.8 Å². The van der Waals surface area contributed by atoms with E-state index in [1.165, 1.54) is 12.5 Å². The molecule has 0 aliphatic heterocycles. The molecule has 1 aromatic carbocycles. The molecule has 2 aromatic rings. The molecule has 0 atom stereocenters. The van der Waals surface area contributed by atoms with Gasteiger partial charge in [-0.05, 0) is 18.9 Å². The molecular weight excluding hydrogens is 628 g/mol. The van der Waals surface area contributed by atoms with Crippen molar-refractivity contribution in [2.45, 2.75) is 20.3 Å². The number of methoxy groups -OCH3 is 6. The fraction of sp³-hybridized carbons (Fsp3) is 0.469. The number of rotatable bonds is 19. The fourth-order valence-electron chi connectivity index (χ4n) is 2.90. The van der Waals surface area contributed by atoms with Gasteiger partial charge >= 0.3 is 11.9 Å². The van der Waals surface area contributed by atoms with Crippen LogP contribution >= 0.6 is 0 Å². The zero-order chi connectivity index (χ0) is 36.9. The number of carbonyl (C=O) groups is 2. The number of hydrogen-bond acceptors (Lipinski definition) is 14. The van der Waals surface area contributed by atoms with Gasteiger partial charge in [0.25, 0.3) is 0 Å². The molecule has 2 rings (SSSR count). The van der Waals surface area contributed by atoms with E-state index < -0.39 is 11.9 Å². The van der Waals surface area contributed by atoms with Crippen LogP contribution in [0.15, 0.2) is 61.2 Å². The first-order valence-electron chi connectivity index (χ1n) is 14.3. The smallest absolute Gasteiger partial charge is 0.330 e. The van der Waals surface area contributed by atoms with Gasteiger partial charge in [0.1, 0.15) is 40.4 Å². The Hall–Kier alpha value is -4.45. The molecule has 0 amide bonds. The average Bonchev–Trinajstić information content (AvgIpc) is 3.08. The maximum atomic E-state index is 9.83. The summed E-state index contributed by atoms with van der Waals surface area (Å²) in [7, 11) is 9.48.